The van der Waals surface area contributed by atoms with Gasteiger partial charge >= 0.3 is 5.91 Å². The fourth-order valence-corrected chi connectivity index (χ4v) is 3.19. The average Bonchev–Trinajstić information content (AvgIpc) is 2.86. The third-order valence-electron chi connectivity index (χ3n) is 3.76. The number of carbonyl (C=O) groups excluding carboxylic acids is 1. The molecule has 1 aliphatic heterocycles. The monoisotopic (exact) mass is 408 g/mol. The van der Waals surface area contributed by atoms with Crippen molar-refractivity contribution in [2.24, 2.45) is 0 Å². The predicted octanol–water partition coefficient (Wildman–Crippen LogP) is 4.45. The molecule has 0 aliphatic carbocycles. The largest absolute Gasteiger partial charge is 0.505 e. The van der Waals surface area contributed by atoms with Crippen LogP contribution in [0.4, 0.5) is 11.4 Å². The van der Waals surface area contributed by atoms with Gasteiger partial charge in [-0.3, -0.25) is 4.79 Å². The van der Waals surface area contributed by atoms with Gasteiger partial charge in [0.25, 0.3) is 5.17 Å². The summed E-state index contributed by atoms with van der Waals surface area (Å²) in [6.45, 7) is 0. The number of hydrogen-bond acceptors (Lipinski definition) is 5. The van der Waals surface area contributed by atoms with Gasteiger partial charge in [0, 0.05) is 19.8 Å². The Hall–Kier alpha value is -2.28. The van der Waals surface area contributed by atoms with Crippen molar-refractivity contribution in [3.05, 3.63) is 57.8 Å². The van der Waals surface area contributed by atoms with Gasteiger partial charge in [0.15, 0.2) is 11.5 Å². The Bertz CT molecular complexity index is 904. The van der Waals surface area contributed by atoms with Gasteiger partial charge in [-0.05, 0) is 60.3 Å². The predicted molar refractivity (Wildman–Crippen MR) is 108 cm³/mol. The highest BCUT2D eigenvalue weighted by molar-refractivity contribution is 7.80. The third-order valence-corrected chi connectivity index (χ3v) is 4.60. The molecule has 0 radical (unpaired) electrons. The van der Waals surface area contributed by atoms with E-state index in [2.05, 4.69) is 0 Å². The Morgan fingerprint density at radius 2 is 1.73 bits per heavy atom. The summed E-state index contributed by atoms with van der Waals surface area (Å²) >= 11 is 17.0. The highest BCUT2D eigenvalue weighted by Gasteiger charge is 2.34. The van der Waals surface area contributed by atoms with E-state index in [-0.39, 0.29) is 26.7 Å². The Morgan fingerprint density at radius 3 is 2.27 bits per heavy atom. The number of halogens is 2. The lowest BCUT2D eigenvalue weighted by Gasteiger charge is -2.16. The molecule has 5 nitrogen and oxygen atoms in total. The van der Waals surface area contributed by atoms with Crippen LogP contribution in [0.2, 0.25) is 10.0 Å². The molecule has 0 atom stereocenters. The zero-order valence-electron chi connectivity index (χ0n) is 13.9. The molecule has 0 bridgehead atoms. The van der Waals surface area contributed by atoms with Gasteiger partial charge < -0.3 is 14.7 Å². The first-order chi connectivity index (χ1) is 12.3. The maximum absolute atomic E-state index is 12.7. The second kappa shape index (κ2) is 7.15. The molecule has 0 saturated carbocycles. The molecule has 1 heterocycles. The van der Waals surface area contributed by atoms with Gasteiger partial charge in [-0.15, -0.1) is 0 Å². The number of rotatable bonds is 3. The summed E-state index contributed by atoms with van der Waals surface area (Å²) in [7, 11) is 3.86. The average molecular weight is 409 g/mol. The van der Waals surface area contributed by atoms with Gasteiger partial charge in [-0.2, -0.15) is 0 Å². The van der Waals surface area contributed by atoms with Crippen LogP contribution in [0.1, 0.15) is 5.56 Å². The van der Waals surface area contributed by atoms with E-state index in [4.69, 9.17) is 40.2 Å². The molecule has 1 amide bonds. The number of benzene rings is 2. The van der Waals surface area contributed by atoms with E-state index in [0.717, 1.165) is 5.69 Å². The lowest BCUT2D eigenvalue weighted by atomic mass is 10.2. The first-order valence-corrected chi connectivity index (χ1v) is 8.67. The van der Waals surface area contributed by atoms with Gasteiger partial charge in [-0.1, -0.05) is 23.2 Å². The van der Waals surface area contributed by atoms with Crippen LogP contribution in [0.25, 0.3) is 6.08 Å². The molecule has 1 fully saturated rings. The zero-order valence-corrected chi connectivity index (χ0v) is 16.2. The standard InChI is InChI=1S/C18H14Cl2N2O3S/c1-21(2)11-3-5-12(6-4-11)22-17(24)15(25-18(22)26)9-10-7-13(19)16(23)14(20)8-10/h3-9,23H,1-2H3/b15-9+. The molecule has 1 saturated heterocycles. The Labute approximate surface area is 166 Å². The number of hydrogen-bond donors (Lipinski definition) is 1. The van der Waals surface area contributed by atoms with Crippen LogP contribution >= 0.6 is 35.4 Å². The summed E-state index contributed by atoms with van der Waals surface area (Å²) in [5, 5.41) is 9.81. The number of phenolic OH excluding ortho intramolecular Hbond substituents is 1. The minimum Gasteiger partial charge on any atom is -0.505 e. The van der Waals surface area contributed by atoms with E-state index < -0.39 is 5.91 Å². The molecule has 134 valence electrons. The maximum atomic E-state index is 12.7. The summed E-state index contributed by atoms with van der Waals surface area (Å²) in [6.07, 6.45) is 1.47. The van der Waals surface area contributed by atoms with Crippen LogP contribution in [0.3, 0.4) is 0 Å². The quantitative estimate of drug-likeness (QED) is 0.600. The molecular formula is C18H14Cl2N2O3S. The van der Waals surface area contributed by atoms with E-state index in [1.165, 1.54) is 23.1 Å². The summed E-state index contributed by atoms with van der Waals surface area (Å²) in [4.78, 5) is 16.0. The van der Waals surface area contributed by atoms with Crippen molar-refractivity contribution in [1.29, 1.82) is 0 Å². The van der Waals surface area contributed by atoms with Gasteiger partial charge in [0.05, 0.1) is 15.7 Å². The van der Waals surface area contributed by atoms with Crippen molar-refractivity contribution in [1.82, 2.24) is 0 Å². The molecule has 0 spiro atoms. The van der Waals surface area contributed by atoms with E-state index in [0.29, 0.717) is 11.3 Å². The highest BCUT2D eigenvalue weighted by Crippen LogP contribution is 2.34. The van der Waals surface area contributed by atoms with Gasteiger partial charge in [0.2, 0.25) is 0 Å². The number of anilines is 2. The normalized spacial score (nSPS) is 15.5. The molecular weight excluding hydrogens is 395 g/mol. The summed E-state index contributed by atoms with van der Waals surface area (Å²) in [5.41, 5.74) is 2.11. The molecule has 1 aliphatic rings. The first-order valence-electron chi connectivity index (χ1n) is 7.51. The molecule has 0 aromatic heterocycles. The van der Waals surface area contributed by atoms with Gasteiger partial charge in [-0.25, -0.2) is 4.90 Å². The SMILES string of the molecule is CN(C)c1ccc(N2C(=O)/C(=C\c3cc(Cl)c(O)c(Cl)c3)OC2=S)cc1. The van der Waals surface area contributed by atoms with E-state index in [1.807, 2.05) is 31.1 Å². The first kappa shape index (κ1) is 18.5. The summed E-state index contributed by atoms with van der Waals surface area (Å²) in [5.74, 6) is -0.565. The second-order valence-corrected chi connectivity index (χ2v) is 6.92. The number of thiocarbonyl (C=S) groups is 1. The number of nitrogens with zero attached hydrogens (tertiary/aromatic N) is 2. The summed E-state index contributed by atoms with van der Waals surface area (Å²) < 4.78 is 5.44. The van der Waals surface area contributed by atoms with Crippen LogP contribution in [-0.2, 0) is 9.53 Å². The maximum Gasteiger partial charge on any atom is 0.301 e. The number of ether oxygens (including phenoxy) is 1. The molecule has 2 aromatic rings. The van der Waals surface area contributed by atoms with Gasteiger partial charge in [0.1, 0.15) is 0 Å². The van der Waals surface area contributed by atoms with Crippen LogP contribution in [0.5, 0.6) is 5.75 Å². The van der Waals surface area contributed by atoms with Crippen molar-refractivity contribution in [2.45, 2.75) is 0 Å². The molecule has 2 aromatic carbocycles. The molecule has 1 N–H and O–H groups in total. The van der Waals surface area contributed by atoms with Crippen molar-refractivity contribution >= 4 is 64.0 Å². The number of aromatic hydroxyl groups is 1. The lowest BCUT2D eigenvalue weighted by Crippen LogP contribution is -2.28. The molecule has 0 unspecified atom stereocenters. The van der Waals surface area contributed by atoms with Crippen LogP contribution in [-0.4, -0.2) is 30.3 Å². The Kier molecular flexibility index (Phi) is 5.09. The number of phenols is 1. The number of amides is 1. The Morgan fingerprint density at radius 1 is 1.15 bits per heavy atom. The van der Waals surface area contributed by atoms with Crippen molar-refractivity contribution in [3.8, 4) is 5.75 Å². The minimum atomic E-state index is -0.395. The molecule has 8 heteroatoms. The topological polar surface area (TPSA) is 53.0 Å². The smallest absolute Gasteiger partial charge is 0.301 e. The van der Waals surface area contributed by atoms with E-state index in [1.54, 1.807) is 12.1 Å². The third kappa shape index (κ3) is 3.49. The fraction of sp³-hybridized carbons (Fsp3) is 0.111. The minimum absolute atomic E-state index is 0.0369. The zero-order chi connectivity index (χ0) is 19.0. The van der Waals surface area contributed by atoms with Crippen LogP contribution < -0.4 is 9.80 Å². The summed E-state index contributed by atoms with van der Waals surface area (Å²) in [6, 6.07) is 10.3. The fourth-order valence-electron chi connectivity index (χ4n) is 2.41. The van der Waals surface area contributed by atoms with Crippen LogP contribution in [0.15, 0.2) is 42.2 Å². The Balaban J connectivity index is 1.91. The number of carbonyl (C=O) groups is 1. The van der Waals surface area contributed by atoms with Crippen molar-refractivity contribution < 1.29 is 14.6 Å². The molecule has 3 rings (SSSR count). The van der Waals surface area contributed by atoms with Crippen molar-refractivity contribution in [3.63, 3.8) is 0 Å². The molecule has 26 heavy (non-hydrogen) atoms. The lowest BCUT2D eigenvalue weighted by molar-refractivity contribution is -0.114. The van der Waals surface area contributed by atoms with E-state index in [9.17, 15) is 9.90 Å². The second-order valence-electron chi connectivity index (χ2n) is 5.76. The van der Waals surface area contributed by atoms with Crippen molar-refractivity contribution in [2.75, 3.05) is 23.9 Å². The van der Waals surface area contributed by atoms with Crippen LogP contribution in [0, 0.1) is 0 Å². The highest BCUT2D eigenvalue weighted by atomic mass is 35.5. The van der Waals surface area contributed by atoms with E-state index >= 15 is 0 Å².